The number of nitrogens with one attached hydrogen (secondary N) is 1. The van der Waals surface area contributed by atoms with Crippen molar-refractivity contribution in [3.63, 3.8) is 0 Å². The van der Waals surface area contributed by atoms with Crippen LogP contribution < -0.4 is 15.2 Å². The van der Waals surface area contributed by atoms with Crippen LogP contribution in [0.4, 0.5) is 29.3 Å². The number of amides is 1. The zero-order valence-electron chi connectivity index (χ0n) is 15.9. The smallest absolute Gasteiger partial charge is 0.414 e. The Balaban J connectivity index is 0.000000735. The SMILES string of the molecule is C#CCBr.O=C(CC[C@H]1CN(c2ccc(N3C=NNCC3)c(F)c2)C(=O)O1)C(F)F. The lowest BCUT2D eigenvalue weighted by Gasteiger charge is -2.24. The maximum atomic E-state index is 14.4. The Morgan fingerprint density at radius 1 is 1.47 bits per heavy atom. The maximum Gasteiger partial charge on any atom is 0.414 e. The van der Waals surface area contributed by atoms with E-state index in [2.05, 4.69) is 32.4 Å². The number of Topliss-reactive ketones (excluding diaryl/α,β-unsaturated/α-hetero) is 1. The van der Waals surface area contributed by atoms with E-state index in [-0.39, 0.29) is 19.4 Å². The van der Waals surface area contributed by atoms with E-state index in [0.717, 1.165) is 0 Å². The molecule has 1 aromatic carbocycles. The van der Waals surface area contributed by atoms with Crippen molar-refractivity contribution in [1.29, 1.82) is 0 Å². The molecule has 11 heteroatoms. The highest BCUT2D eigenvalue weighted by Gasteiger charge is 2.33. The standard InChI is InChI=1S/C16H17F3N4O3.C3H3Br/c17-12-7-10(1-3-13(12)22-6-5-20-21-9-22)23-8-11(26-16(23)25)2-4-14(24)15(18)19;1-2-3-4/h1,3,7,9,11,15,20H,2,4-6,8H2;1H,3H2/t11-;/m0./s1. The molecule has 0 saturated carbocycles. The summed E-state index contributed by atoms with van der Waals surface area (Å²) in [6.07, 6.45) is 1.42. The Morgan fingerprint density at radius 2 is 2.20 bits per heavy atom. The summed E-state index contributed by atoms with van der Waals surface area (Å²) in [4.78, 5) is 25.8. The molecule has 0 aliphatic carbocycles. The number of benzene rings is 1. The van der Waals surface area contributed by atoms with Crippen LogP contribution in [0.5, 0.6) is 0 Å². The third-order valence-corrected chi connectivity index (χ3v) is 4.54. The number of carbonyl (C=O) groups is 2. The zero-order chi connectivity index (χ0) is 22.1. The molecule has 2 aliphatic heterocycles. The summed E-state index contributed by atoms with van der Waals surface area (Å²) in [7, 11) is 0. The van der Waals surface area contributed by atoms with Crippen molar-refractivity contribution < 1.29 is 27.5 Å². The topological polar surface area (TPSA) is 74.2 Å². The number of ether oxygens (including phenoxy) is 1. The lowest BCUT2D eigenvalue weighted by atomic mass is 10.1. The highest BCUT2D eigenvalue weighted by atomic mass is 79.9. The van der Waals surface area contributed by atoms with Crippen LogP contribution in [0.25, 0.3) is 0 Å². The fourth-order valence-corrected chi connectivity index (χ4v) is 2.78. The van der Waals surface area contributed by atoms with Gasteiger partial charge in [-0.15, -0.1) is 6.42 Å². The largest absolute Gasteiger partial charge is 0.444 e. The summed E-state index contributed by atoms with van der Waals surface area (Å²) < 4.78 is 44.0. The van der Waals surface area contributed by atoms with Gasteiger partial charge >= 0.3 is 6.09 Å². The van der Waals surface area contributed by atoms with Crippen molar-refractivity contribution >= 4 is 45.5 Å². The van der Waals surface area contributed by atoms with Crippen LogP contribution in [0.2, 0.25) is 0 Å². The molecule has 1 fully saturated rings. The summed E-state index contributed by atoms with van der Waals surface area (Å²) in [5, 5.41) is 4.52. The van der Waals surface area contributed by atoms with Crippen LogP contribution in [0.3, 0.4) is 0 Å². The summed E-state index contributed by atoms with van der Waals surface area (Å²) in [6, 6.07) is 4.31. The second kappa shape index (κ2) is 11.4. The Kier molecular flexibility index (Phi) is 8.98. The fourth-order valence-electron chi connectivity index (χ4n) is 2.78. The van der Waals surface area contributed by atoms with Gasteiger partial charge < -0.3 is 15.1 Å². The van der Waals surface area contributed by atoms with Gasteiger partial charge in [0.1, 0.15) is 18.3 Å². The number of hydrazone groups is 1. The van der Waals surface area contributed by atoms with Gasteiger partial charge in [-0.25, -0.2) is 18.0 Å². The fraction of sp³-hybridized carbons (Fsp3) is 0.421. The minimum atomic E-state index is -3.03. The number of ketones is 1. The van der Waals surface area contributed by atoms with Gasteiger partial charge in [0, 0.05) is 13.0 Å². The van der Waals surface area contributed by atoms with E-state index in [1.54, 1.807) is 11.0 Å². The highest BCUT2D eigenvalue weighted by molar-refractivity contribution is 9.09. The minimum absolute atomic E-state index is 0.00320. The Hall–Kier alpha value is -2.74. The molecule has 1 aromatic rings. The number of anilines is 2. The molecule has 0 unspecified atom stereocenters. The monoisotopic (exact) mass is 488 g/mol. The van der Waals surface area contributed by atoms with E-state index in [1.807, 2.05) is 0 Å². The molecule has 162 valence electrons. The highest BCUT2D eigenvalue weighted by Crippen LogP contribution is 2.28. The van der Waals surface area contributed by atoms with E-state index >= 15 is 0 Å². The second-order valence-corrected chi connectivity index (χ2v) is 6.80. The van der Waals surface area contributed by atoms with E-state index in [4.69, 9.17) is 11.2 Å². The number of hydrogen-bond donors (Lipinski definition) is 1. The molecular weight excluding hydrogens is 469 g/mol. The number of nitrogens with zero attached hydrogens (tertiary/aromatic N) is 3. The van der Waals surface area contributed by atoms with Crippen molar-refractivity contribution in [2.24, 2.45) is 5.10 Å². The molecule has 0 bridgehead atoms. The Labute approximate surface area is 180 Å². The number of halogens is 4. The van der Waals surface area contributed by atoms with Gasteiger partial charge in [-0.1, -0.05) is 21.9 Å². The van der Waals surface area contributed by atoms with Crippen LogP contribution in [0, 0.1) is 18.2 Å². The summed E-state index contributed by atoms with van der Waals surface area (Å²) >= 11 is 3.01. The van der Waals surface area contributed by atoms with Crippen LogP contribution in [-0.2, 0) is 9.53 Å². The third-order valence-electron chi connectivity index (χ3n) is 4.21. The van der Waals surface area contributed by atoms with Gasteiger partial charge in [-0.2, -0.15) is 5.10 Å². The first kappa shape index (κ1) is 23.5. The van der Waals surface area contributed by atoms with E-state index < -0.39 is 30.2 Å². The average molecular weight is 489 g/mol. The van der Waals surface area contributed by atoms with Gasteiger partial charge in [0.2, 0.25) is 0 Å². The Bertz CT molecular complexity index is 832. The first-order chi connectivity index (χ1) is 14.4. The normalized spacial score (nSPS) is 17.7. The first-order valence-corrected chi connectivity index (χ1v) is 10.1. The first-order valence-electron chi connectivity index (χ1n) is 8.98. The number of hydrogen-bond acceptors (Lipinski definition) is 6. The van der Waals surface area contributed by atoms with Gasteiger partial charge in [0.05, 0.1) is 29.8 Å². The van der Waals surface area contributed by atoms with Crippen LogP contribution >= 0.6 is 15.9 Å². The van der Waals surface area contributed by atoms with Gasteiger partial charge in [-0.3, -0.25) is 9.69 Å². The summed E-state index contributed by atoms with van der Waals surface area (Å²) in [6.45, 7) is 1.20. The molecule has 1 atom stereocenters. The molecule has 2 heterocycles. The molecular formula is C19H20BrF3N4O3. The number of rotatable bonds is 6. The maximum absolute atomic E-state index is 14.4. The number of carbonyl (C=O) groups excluding carboxylic acids is 2. The van der Waals surface area contributed by atoms with Crippen molar-refractivity contribution in [2.75, 3.05) is 34.8 Å². The van der Waals surface area contributed by atoms with E-state index in [0.29, 0.717) is 29.8 Å². The average Bonchev–Trinajstić information content (AvgIpc) is 3.13. The molecule has 0 radical (unpaired) electrons. The summed E-state index contributed by atoms with van der Waals surface area (Å²) in [5.41, 5.74) is 3.38. The molecule has 1 N–H and O–H groups in total. The summed E-state index contributed by atoms with van der Waals surface area (Å²) in [5.74, 6) is 0.632. The molecule has 0 aromatic heterocycles. The van der Waals surface area contributed by atoms with Crippen molar-refractivity contribution in [3.05, 3.63) is 24.0 Å². The second-order valence-electron chi connectivity index (χ2n) is 6.24. The molecule has 1 saturated heterocycles. The van der Waals surface area contributed by atoms with Gasteiger partial charge in [0.15, 0.2) is 5.78 Å². The number of alkyl halides is 3. The van der Waals surface area contributed by atoms with Crippen LogP contribution in [-0.4, -0.2) is 55.7 Å². The van der Waals surface area contributed by atoms with E-state index in [9.17, 15) is 22.8 Å². The van der Waals surface area contributed by atoms with E-state index in [1.165, 1.54) is 23.4 Å². The van der Waals surface area contributed by atoms with Crippen LogP contribution in [0.15, 0.2) is 23.3 Å². The molecule has 3 rings (SSSR count). The molecule has 1 amide bonds. The molecule has 0 spiro atoms. The third kappa shape index (κ3) is 6.38. The molecule has 30 heavy (non-hydrogen) atoms. The Morgan fingerprint density at radius 3 is 2.77 bits per heavy atom. The van der Waals surface area contributed by atoms with Gasteiger partial charge in [0.25, 0.3) is 6.43 Å². The zero-order valence-corrected chi connectivity index (χ0v) is 17.4. The lowest BCUT2D eigenvalue weighted by molar-refractivity contribution is -0.129. The quantitative estimate of drug-likeness (QED) is 0.491. The molecule has 2 aliphatic rings. The minimum Gasteiger partial charge on any atom is -0.444 e. The van der Waals surface area contributed by atoms with Crippen molar-refractivity contribution in [2.45, 2.75) is 25.4 Å². The van der Waals surface area contributed by atoms with Crippen molar-refractivity contribution in [1.82, 2.24) is 5.43 Å². The van der Waals surface area contributed by atoms with Crippen molar-refractivity contribution in [3.8, 4) is 12.3 Å². The van der Waals surface area contributed by atoms with Gasteiger partial charge in [-0.05, 0) is 24.6 Å². The number of terminal acetylenes is 1. The lowest BCUT2D eigenvalue weighted by Crippen LogP contribution is -2.35. The predicted octanol–water partition coefficient (Wildman–Crippen LogP) is 3.13. The predicted molar refractivity (Wildman–Crippen MR) is 111 cm³/mol. The number of cyclic esters (lactones) is 1. The van der Waals surface area contributed by atoms with Crippen LogP contribution in [0.1, 0.15) is 12.8 Å². The molecule has 7 nitrogen and oxygen atoms in total.